The average Bonchev–Trinajstić information content (AvgIpc) is 2.38. The number of carbonyl (C=O) groups excluding carboxylic acids is 1. The first-order valence-corrected chi connectivity index (χ1v) is 6.59. The SMILES string of the molecule is Cc1ccc(NN)c(C(=O)N2CCN(C)CC2C)c1. The molecule has 1 aliphatic rings. The molecule has 1 aromatic rings. The Balaban J connectivity index is 2.26. The molecule has 0 aliphatic carbocycles. The molecule has 1 unspecified atom stereocenters. The molecule has 0 radical (unpaired) electrons. The smallest absolute Gasteiger partial charge is 0.256 e. The molecule has 104 valence electrons. The molecule has 19 heavy (non-hydrogen) atoms. The summed E-state index contributed by atoms with van der Waals surface area (Å²) in [5, 5.41) is 0. The maximum absolute atomic E-state index is 12.7. The van der Waals surface area contributed by atoms with E-state index in [1.807, 2.05) is 30.0 Å². The van der Waals surface area contributed by atoms with Crippen molar-refractivity contribution in [1.29, 1.82) is 0 Å². The Bertz CT molecular complexity index is 475. The molecule has 1 amide bonds. The molecule has 1 fully saturated rings. The van der Waals surface area contributed by atoms with Gasteiger partial charge in [-0.25, -0.2) is 0 Å². The van der Waals surface area contributed by atoms with E-state index in [1.165, 1.54) is 0 Å². The third kappa shape index (κ3) is 2.88. The number of piperazine rings is 1. The van der Waals surface area contributed by atoms with Gasteiger partial charge >= 0.3 is 0 Å². The predicted octanol–water partition coefficient (Wildman–Crippen LogP) is 1.06. The van der Waals surface area contributed by atoms with Crippen LogP contribution in [-0.2, 0) is 0 Å². The molecule has 2 rings (SSSR count). The van der Waals surface area contributed by atoms with Crippen molar-refractivity contribution in [3.05, 3.63) is 29.3 Å². The highest BCUT2D eigenvalue weighted by molar-refractivity contribution is 6.00. The number of likely N-dealkylation sites (N-methyl/N-ethyl adjacent to an activating group) is 1. The number of amides is 1. The van der Waals surface area contributed by atoms with Crippen LogP contribution in [-0.4, -0.2) is 48.4 Å². The molecule has 1 heterocycles. The maximum atomic E-state index is 12.7. The Kier molecular flexibility index (Phi) is 4.07. The average molecular weight is 262 g/mol. The molecule has 3 N–H and O–H groups in total. The number of nitrogens with two attached hydrogens (primary N) is 1. The first kappa shape index (κ1) is 13.8. The fraction of sp³-hybridized carbons (Fsp3) is 0.500. The minimum atomic E-state index is 0.0530. The molecule has 0 aromatic heterocycles. The van der Waals surface area contributed by atoms with Gasteiger partial charge in [0.25, 0.3) is 5.91 Å². The lowest BCUT2D eigenvalue weighted by atomic mass is 10.1. The van der Waals surface area contributed by atoms with Crippen LogP contribution in [0.4, 0.5) is 5.69 Å². The first-order chi connectivity index (χ1) is 9.02. The van der Waals surface area contributed by atoms with E-state index in [9.17, 15) is 4.79 Å². The molecular weight excluding hydrogens is 240 g/mol. The van der Waals surface area contributed by atoms with E-state index in [1.54, 1.807) is 0 Å². The van der Waals surface area contributed by atoms with Gasteiger partial charge in [-0.1, -0.05) is 11.6 Å². The van der Waals surface area contributed by atoms with Crippen molar-refractivity contribution in [1.82, 2.24) is 9.80 Å². The fourth-order valence-electron chi connectivity index (χ4n) is 2.56. The van der Waals surface area contributed by atoms with Crippen molar-refractivity contribution in [2.24, 2.45) is 5.84 Å². The highest BCUT2D eigenvalue weighted by atomic mass is 16.2. The van der Waals surface area contributed by atoms with Gasteiger partial charge in [-0.2, -0.15) is 0 Å². The van der Waals surface area contributed by atoms with Crippen LogP contribution in [0.3, 0.4) is 0 Å². The standard InChI is InChI=1S/C14H22N4O/c1-10-4-5-13(16-15)12(8-10)14(19)18-7-6-17(3)9-11(18)2/h4-5,8,11,16H,6-7,9,15H2,1-3H3. The van der Waals surface area contributed by atoms with Crippen molar-refractivity contribution in [2.75, 3.05) is 32.1 Å². The van der Waals surface area contributed by atoms with Crippen molar-refractivity contribution in [2.45, 2.75) is 19.9 Å². The third-order valence-electron chi connectivity index (χ3n) is 3.65. The van der Waals surface area contributed by atoms with Crippen LogP contribution in [0.1, 0.15) is 22.8 Å². The molecule has 5 heteroatoms. The van der Waals surface area contributed by atoms with Gasteiger partial charge in [0.2, 0.25) is 0 Å². The van der Waals surface area contributed by atoms with Crippen molar-refractivity contribution in [3.8, 4) is 0 Å². The number of benzene rings is 1. The summed E-state index contributed by atoms with van der Waals surface area (Å²) in [7, 11) is 2.08. The summed E-state index contributed by atoms with van der Waals surface area (Å²) >= 11 is 0. The van der Waals surface area contributed by atoms with E-state index in [2.05, 4.69) is 24.3 Å². The van der Waals surface area contributed by atoms with Gasteiger partial charge in [0.15, 0.2) is 0 Å². The Labute approximate surface area is 114 Å². The van der Waals surface area contributed by atoms with Gasteiger partial charge in [-0.3, -0.25) is 10.6 Å². The Morgan fingerprint density at radius 2 is 2.16 bits per heavy atom. The topological polar surface area (TPSA) is 61.6 Å². The number of nitrogens with zero attached hydrogens (tertiary/aromatic N) is 2. The highest BCUT2D eigenvalue weighted by Gasteiger charge is 2.27. The number of nitrogen functional groups attached to an aromatic ring is 1. The van der Waals surface area contributed by atoms with Gasteiger partial charge in [0.05, 0.1) is 11.3 Å². The number of aryl methyl sites for hydroxylation is 1. The maximum Gasteiger partial charge on any atom is 0.256 e. The van der Waals surface area contributed by atoms with Crippen molar-refractivity contribution < 1.29 is 4.79 Å². The molecular formula is C14H22N4O. The van der Waals surface area contributed by atoms with E-state index in [4.69, 9.17) is 5.84 Å². The second-order valence-electron chi connectivity index (χ2n) is 5.30. The number of carbonyl (C=O) groups is 1. The zero-order valence-corrected chi connectivity index (χ0v) is 11.8. The van der Waals surface area contributed by atoms with Gasteiger partial charge in [-0.15, -0.1) is 0 Å². The zero-order chi connectivity index (χ0) is 14.0. The first-order valence-electron chi connectivity index (χ1n) is 6.59. The van der Waals surface area contributed by atoms with Gasteiger partial charge < -0.3 is 15.2 Å². The summed E-state index contributed by atoms with van der Waals surface area (Å²) < 4.78 is 0. The van der Waals surface area contributed by atoms with Crippen LogP contribution < -0.4 is 11.3 Å². The van der Waals surface area contributed by atoms with Crippen molar-refractivity contribution >= 4 is 11.6 Å². The van der Waals surface area contributed by atoms with Gasteiger partial charge in [-0.05, 0) is 33.0 Å². The lowest BCUT2D eigenvalue weighted by molar-refractivity contribution is 0.0534. The molecule has 5 nitrogen and oxygen atoms in total. The quantitative estimate of drug-likeness (QED) is 0.618. The zero-order valence-electron chi connectivity index (χ0n) is 11.8. The minimum Gasteiger partial charge on any atom is -0.333 e. The van der Waals surface area contributed by atoms with E-state index in [0.717, 1.165) is 25.2 Å². The Hall–Kier alpha value is -1.59. The van der Waals surface area contributed by atoms with E-state index < -0.39 is 0 Å². The van der Waals surface area contributed by atoms with Crippen LogP contribution in [0.2, 0.25) is 0 Å². The highest BCUT2D eigenvalue weighted by Crippen LogP contribution is 2.21. The monoisotopic (exact) mass is 262 g/mol. The van der Waals surface area contributed by atoms with Gasteiger partial charge in [0.1, 0.15) is 0 Å². The van der Waals surface area contributed by atoms with Crippen LogP contribution in [0.15, 0.2) is 18.2 Å². The lowest BCUT2D eigenvalue weighted by Gasteiger charge is -2.38. The summed E-state index contributed by atoms with van der Waals surface area (Å²) in [5.41, 5.74) is 5.00. The minimum absolute atomic E-state index is 0.0530. The number of anilines is 1. The summed E-state index contributed by atoms with van der Waals surface area (Å²) in [6, 6.07) is 5.91. The summed E-state index contributed by atoms with van der Waals surface area (Å²) in [6.07, 6.45) is 0. The molecule has 0 bridgehead atoms. The molecule has 1 atom stereocenters. The Morgan fingerprint density at radius 1 is 1.42 bits per heavy atom. The number of rotatable bonds is 2. The summed E-state index contributed by atoms with van der Waals surface area (Å²) in [5.74, 6) is 5.55. The molecule has 1 saturated heterocycles. The lowest BCUT2D eigenvalue weighted by Crippen LogP contribution is -2.52. The molecule has 1 aliphatic heterocycles. The number of hydrogen-bond acceptors (Lipinski definition) is 4. The third-order valence-corrected chi connectivity index (χ3v) is 3.65. The van der Waals surface area contributed by atoms with Crippen LogP contribution >= 0.6 is 0 Å². The number of hydrazine groups is 1. The van der Waals surface area contributed by atoms with Gasteiger partial charge in [0, 0.05) is 25.7 Å². The van der Waals surface area contributed by atoms with Crippen LogP contribution in [0, 0.1) is 6.92 Å². The second kappa shape index (κ2) is 5.59. The van der Waals surface area contributed by atoms with Crippen molar-refractivity contribution in [3.63, 3.8) is 0 Å². The Morgan fingerprint density at radius 3 is 2.79 bits per heavy atom. The number of hydrogen-bond donors (Lipinski definition) is 2. The summed E-state index contributed by atoms with van der Waals surface area (Å²) in [6.45, 7) is 6.63. The molecule has 1 aromatic carbocycles. The molecule has 0 spiro atoms. The predicted molar refractivity (Wildman–Crippen MR) is 77.0 cm³/mol. The normalized spacial score (nSPS) is 20.4. The number of nitrogens with one attached hydrogen (secondary N) is 1. The van der Waals surface area contributed by atoms with E-state index in [-0.39, 0.29) is 11.9 Å². The van der Waals surface area contributed by atoms with Crippen LogP contribution in [0.5, 0.6) is 0 Å². The fourth-order valence-corrected chi connectivity index (χ4v) is 2.56. The van der Waals surface area contributed by atoms with E-state index in [0.29, 0.717) is 11.3 Å². The largest absolute Gasteiger partial charge is 0.333 e. The van der Waals surface area contributed by atoms with E-state index >= 15 is 0 Å². The second-order valence-corrected chi connectivity index (χ2v) is 5.30. The summed E-state index contributed by atoms with van der Waals surface area (Å²) in [4.78, 5) is 16.8. The molecule has 0 saturated carbocycles. The van der Waals surface area contributed by atoms with Crippen LogP contribution in [0.25, 0.3) is 0 Å².